The smallest absolute Gasteiger partial charge is 0.255 e. The second kappa shape index (κ2) is 4.52. The fraction of sp³-hybridized carbons (Fsp3) is 0.750. The van der Waals surface area contributed by atoms with Gasteiger partial charge in [0.25, 0.3) is 10.0 Å². The third kappa shape index (κ3) is 2.25. The monoisotopic (exact) mass is 340 g/mol. The van der Waals surface area contributed by atoms with Crippen molar-refractivity contribution >= 4 is 48.3 Å². The number of primary sulfonamides is 1. The fourth-order valence-corrected chi connectivity index (χ4v) is 3.99. The van der Waals surface area contributed by atoms with Crippen LogP contribution in [0.5, 0.6) is 0 Å². The number of hydrogen-bond donors (Lipinski definition) is 1. The van der Waals surface area contributed by atoms with Gasteiger partial charge in [0.05, 0.1) is 12.1 Å². The Morgan fingerprint density at radius 1 is 1.35 bits per heavy atom. The van der Waals surface area contributed by atoms with Gasteiger partial charge in [0.1, 0.15) is 0 Å². The first-order valence-electron chi connectivity index (χ1n) is 5.22. The molecule has 6 nitrogen and oxygen atoms in total. The third-order valence-electron chi connectivity index (χ3n) is 3.09. The van der Waals surface area contributed by atoms with E-state index in [-0.39, 0.29) is 27.4 Å². The van der Waals surface area contributed by atoms with Crippen LogP contribution in [0.1, 0.15) is 25.7 Å². The lowest BCUT2D eigenvalue weighted by molar-refractivity contribution is 0.256. The van der Waals surface area contributed by atoms with Crippen LogP contribution in [0.15, 0.2) is 10.1 Å². The van der Waals surface area contributed by atoms with E-state index in [1.54, 1.807) is 5.01 Å². The van der Waals surface area contributed by atoms with Crippen molar-refractivity contribution in [3.63, 3.8) is 0 Å². The second-order valence-electron chi connectivity index (χ2n) is 4.19. The van der Waals surface area contributed by atoms with Crippen molar-refractivity contribution in [3.8, 4) is 0 Å². The van der Waals surface area contributed by atoms with Gasteiger partial charge < -0.3 is 0 Å². The number of hydrogen-bond acceptors (Lipinski definition) is 6. The zero-order valence-electron chi connectivity index (χ0n) is 8.94. The molecule has 96 valence electrons. The van der Waals surface area contributed by atoms with Crippen LogP contribution in [0.3, 0.4) is 0 Å². The number of nitrogens with two attached hydrogens (primary N) is 1. The summed E-state index contributed by atoms with van der Waals surface area (Å²) in [5, 5.41) is 11.6. The van der Waals surface area contributed by atoms with Crippen LogP contribution in [0.2, 0.25) is 0 Å². The van der Waals surface area contributed by atoms with Crippen molar-refractivity contribution in [1.29, 1.82) is 0 Å². The Balaban J connectivity index is 0.00000108. The minimum atomic E-state index is -3.69. The Bertz CT molecular complexity index is 490. The van der Waals surface area contributed by atoms with Gasteiger partial charge in [0, 0.05) is 0 Å². The molecule has 3 aliphatic rings. The standard InChI is InChI=1S/C8H12N4O2S2.BrH/c9-16(13,14)8-11-12-6-4-2-1-3-5(6)10-7(12)15-8;/h5-6H,1-4H2,(H2,9,13,14);1H. The molecule has 0 saturated heterocycles. The van der Waals surface area contributed by atoms with Crippen LogP contribution in [-0.4, -0.2) is 35.1 Å². The van der Waals surface area contributed by atoms with Gasteiger partial charge in [-0.3, -0.25) is 4.99 Å². The first-order valence-corrected chi connectivity index (χ1v) is 7.58. The van der Waals surface area contributed by atoms with E-state index in [1.165, 1.54) is 6.42 Å². The molecule has 1 aliphatic carbocycles. The number of halogens is 1. The Morgan fingerprint density at radius 3 is 2.76 bits per heavy atom. The highest BCUT2D eigenvalue weighted by Crippen LogP contribution is 2.38. The summed E-state index contributed by atoms with van der Waals surface area (Å²) in [6.07, 6.45) is 4.46. The minimum absolute atomic E-state index is 0. The number of amidine groups is 1. The average molecular weight is 341 g/mol. The molecule has 0 bridgehead atoms. The quantitative estimate of drug-likeness (QED) is 0.708. The molecule has 2 heterocycles. The van der Waals surface area contributed by atoms with Crippen LogP contribution < -0.4 is 5.14 Å². The van der Waals surface area contributed by atoms with Gasteiger partial charge >= 0.3 is 0 Å². The first kappa shape index (κ1) is 13.3. The van der Waals surface area contributed by atoms with Crippen molar-refractivity contribution in [2.75, 3.05) is 0 Å². The van der Waals surface area contributed by atoms with Crippen LogP contribution in [0.4, 0.5) is 0 Å². The molecular weight excluding hydrogens is 328 g/mol. The van der Waals surface area contributed by atoms with E-state index >= 15 is 0 Å². The van der Waals surface area contributed by atoms with Gasteiger partial charge in [-0.15, -0.1) is 22.1 Å². The summed E-state index contributed by atoms with van der Waals surface area (Å²) in [6, 6.07) is 0.539. The zero-order valence-corrected chi connectivity index (χ0v) is 12.3. The number of sulfonamides is 1. The Morgan fingerprint density at radius 2 is 2.06 bits per heavy atom. The molecule has 1 saturated carbocycles. The van der Waals surface area contributed by atoms with Crippen LogP contribution in [0, 0.1) is 0 Å². The van der Waals surface area contributed by atoms with E-state index in [0.29, 0.717) is 11.2 Å². The maximum Gasteiger partial charge on any atom is 0.264 e. The Kier molecular flexibility index (Phi) is 3.54. The van der Waals surface area contributed by atoms with Gasteiger partial charge in [-0.25, -0.2) is 18.6 Å². The highest BCUT2D eigenvalue weighted by atomic mass is 79.9. The van der Waals surface area contributed by atoms with Crippen molar-refractivity contribution in [2.45, 2.75) is 37.8 Å². The van der Waals surface area contributed by atoms with Gasteiger partial charge in [-0.2, -0.15) is 0 Å². The highest BCUT2D eigenvalue weighted by molar-refractivity contribution is 8.93. The molecule has 2 N–H and O–H groups in total. The maximum atomic E-state index is 11.2. The summed E-state index contributed by atoms with van der Waals surface area (Å²) in [7, 11) is -3.69. The molecule has 3 rings (SSSR count). The molecule has 0 amide bonds. The molecule has 17 heavy (non-hydrogen) atoms. The van der Waals surface area contributed by atoms with Crippen LogP contribution in [-0.2, 0) is 10.0 Å². The lowest BCUT2D eigenvalue weighted by Gasteiger charge is -2.27. The van der Waals surface area contributed by atoms with E-state index in [4.69, 9.17) is 5.14 Å². The van der Waals surface area contributed by atoms with Gasteiger partial charge in [-0.05, 0) is 24.6 Å². The molecule has 2 aliphatic heterocycles. The maximum absolute atomic E-state index is 11.2. The van der Waals surface area contributed by atoms with E-state index in [2.05, 4.69) is 10.1 Å². The molecule has 2 unspecified atom stereocenters. The van der Waals surface area contributed by atoms with Crippen molar-refractivity contribution in [2.24, 2.45) is 15.2 Å². The predicted molar refractivity (Wildman–Crippen MR) is 73.8 cm³/mol. The molecule has 1 fully saturated rings. The Labute approximate surface area is 115 Å². The molecule has 0 aromatic carbocycles. The Hall–Kier alpha value is -0.120. The third-order valence-corrected chi connectivity index (χ3v) is 5.34. The number of hydrazone groups is 1. The summed E-state index contributed by atoms with van der Waals surface area (Å²) in [5.41, 5.74) is 0. The number of thioether (sulfide) groups is 1. The second-order valence-corrected chi connectivity index (χ2v) is 6.88. The molecule has 0 aromatic heterocycles. The van der Waals surface area contributed by atoms with Crippen molar-refractivity contribution in [3.05, 3.63) is 0 Å². The topological polar surface area (TPSA) is 88.1 Å². The van der Waals surface area contributed by atoms with Crippen molar-refractivity contribution < 1.29 is 8.42 Å². The molecule has 0 aromatic rings. The zero-order chi connectivity index (χ0) is 11.3. The normalized spacial score (nSPS) is 31.2. The van der Waals surface area contributed by atoms with E-state index < -0.39 is 10.0 Å². The molecule has 9 heteroatoms. The molecule has 2 atom stereocenters. The first-order chi connectivity index (χ1) is 7.55. The van der Waals surface area contributed by atoms with Gasteiger partial charge in [0.2, 0.25) is 4.38 Å². The van der Waals surface area contributed by atoms with Gasteiger partial charge in [-0.1, -0.05) is 12.8 Å². The molecule has 0 radical (unpaired) electrons. The SMILES string of the molecule is Br.NS(=O)(=O)C1=NN2C(=NC3CCCCC32)S1. The molecular formula is C8H13BrN4O2S2. The van der Waals surface area contributed by atoms with Crippen molar-refractivity contribution in [1.82, 2.24) is 5.01 Å². The fourth-order valence-electron chi connectivity index (χ4n) is 2.36. The predicted octanol–water partition coefficient (Wildman–Crippen LogP) is 0.853. The number of nitrogens with zero attached hydrogens (tertiary/aromatic N) is 3. The summed E-state index contributed by atoms with van der Waals surface area (Å²) in [6.45, 7) is 0. The van der Waals surface area contributed by atoms with E-state index in [9.17, 15) is 8.42 Å². The summed E-state index contributed by atoms with van der Waals surface area (Å²) in [5.74, 6) is 0. The minimum Gasteiger partial charge on any atom is -0.255 e. The lowest BCUT2D eigenvalue weighted by atomic mass is 9.91. The van der Waals surface area contributed by atoms with Gasteiger partial charge in [0.15, 0.2) is 5.17 Å². The lowest BCUT2D eigenvalue weighted by Crippen LogP contribution is -2.36. The highest BCUT2D eigenvalue weighted by Gasteiger charge is 2.43. The number of rotatable bonds is 0. The summed E-state index contributed by atoms with van der Waals surface area (Å²) >= 11 is 1.07. The van der Waals surface area contributed by atoms with Crippen LogP contribution in [0.25, 0.3) is 0 Å². The molecule has 0 spiro atoms. The largest absolute Gasteiger partial charge is 0.264 e. The number of fused-ring (bicyclic) bond motifs is 3. The van der Waals surface area contributed by atoms with Crippen LogP contribution >= 0.6 is 28.7 Å². The van der Waals surface area contributed by atoms with E-state index in [0.717, 1.165) is 31.0 Å². The summed E-state index contributed by atoms with van der Waals surface area (Å²) < 4.78 is 22.3. The summed E-state index contributed by atoms with van der Waals surface area (Å²) in [4.78, 5) is 4.51. The number of aliphatic imine (C=N–C) groups is 1. The average Bonchev–Trinajstić information content (AvgIpc) is 2.72. The van der Waals surface area contributed by atoms with E-state index in [1.807, 2.05) is 0 Å².